The van der Waals surface area contributed by atoms with Gasteiger partial charge in [0.05, 0.1) is 13.1 Å². The number of nitrogens with zero attached hydrogens (tertiary/aromatic N) is 3. The average Bonchev–Trinajstić information content (AvgIpc) is 3.33. The van der Waals surface area contributed by atoms with Crippen molar-refractivity contribution in [2.45, 2.75) is 13.1 Å². The zero-order chi connectivity index (χ0) is 21.0. The van der Waals surface area contributed by atoms with Crippen LogP contribution in [0.4, 0.5) is 8.78 Å². The number of thiophene rings is 1. The van der Waals surface area contributed by atoms with Gasteiger partial charge in [0, 0.05) is 34.5 Å². The Balaban J connectivity index is 1.75. The molecule has 3 aromatic rings. The zero-order valence-corrected chi connectivity index (χ0v) is 16.4. The summed E-state index contributed by atoms with van der Waals surface area (Å²) >= 11 is 1.50. The van der Waals surface area contributed by atoms with Crippen molar-refractivity contribution in [3.05, 3.63) is 75.3 Å². The van der Waals surface area contributed by atoms with E-state index in [2.05, 4.69) is 10.4 Å². The maximum absolute atomic E-state index is 12.8. The molecule has 0 atom stereocenters. The van der Waals surface area contributed by atoms with Crippen LogP contribution in [0, 0.1) is 0 Å². The summed E-state index contributed by atoms with van der Waals surface area (Å²) in [5, 5.41) is 6.46. The molecule has 0 aliphatic heterocycles. The fraction of sp³-hybridized carbons (Fsp3) is 0.211. The molecule has 0 aliphatic carbocycles. The van der Waals surface area contributed by atoms with E-state index < -0.39 is 11.8 Å². The number of aromatic nitrogens is 3. The van der Waals surface area contributed by atoms with Crippen LogP contribution in [0.2, 0.25) is 0 Å². The lowest BCUT2D eigenvalue weighted by atomic mass is 10.1. The van der Waals surface area contributed by atoms with Crippen molar-refractivity contribution in [3.8, 4) is 10.4 Å². The summed E-state index contributed by atoms with van der Waals surface area (Å²) in [6, 6.07) is 11.0. The van der Waals surface area contributed by atoms with E-state index in [1.807, 2.05) is 24.3 Å². The minimum atomic E-state index is -1.89. The van der Waals surface area contributed by atoms with Crippen LogP contribution in [0.5, 0.6) is 0 Å². The number of amides is 1. The van der Waals surface area contributed by atoms with E-state index in [9.17, 15) is 18.4 Å². The second-order valence-corrected chi connectivity index (χ2v) is 7.36. The van der Waals surface area contributed by atoms with Crippen LogP contribution in [-0.2, 0) is 13.1 Å². The molecule has 29 heavy (non-hydrogen) atoms. The van der Waals surface area contributed by atoms with Gasteiger partial charge in [-0.3, -0.25) is 9.36 Å². The van der Waals surface area contributed by atoms with Gasteiger partial charge in [-0.1, -0.05) is 12.1 Å². The topological polar surface area (TPSA) is 94.9 Å². The van der Waals surface area contributed by atoms with E-state index >= 15 is 0 Å². The summed E-state index contributed by atoms with van der Waals surface area (Å²) < 4.78 is 27.8. The number of rotatable bonds is 7. The fourth-order valence-corrected chi connectivity index (χ4v) is 3.70. The van der Waals surface area contributed by atoms with Crippen molar-refractivity contribution in [1.29, 1.82) is 0 Å². The van der Waals surface area contributed by atoms with E-state index in [1.54, 1.807) is 19.2 Å². The highest BCUT2D eigenvalue weighted by Crippen LogP contribution is 2.28. The third kappa shape index (κ3) is 4.66. The third-order valence-corrected chi connectivity index (χ3v) is 5.42. The van der Waals surface area contributed by atoms with Gasteiger partial charge in [0.1, 0.15) is 6.33 Å². The van der Waals surface area contributed by atoms with E-state index in [0.717, 1.165) is 20.0 Å². The Labute approximate surface area is 169 Å². The molecule has 0 unspecified atom stereocenters. The molecule has 2 heterocycles. The number of nitrogens with one attached hydrogen (secondary N) is 1. The molecular weight excluding hydrogens is 400 g/mol. The van der Waals surface area contributed by atoms with E-state index in [1.165, 1.54) is 22.2 Å². The molecule has 0 saturated carbocycles. The normalized spacial score (nSPS) is 10.8. The number of carbonyl (C=O) groups excluding carboxylic acids is 1. The van der Waals surface area contributed by atoms with Gasteiger partial charge in [-0.15, -0.1) is 11.3 Å². The molecule has 0 bridgehead atoms. The molecule has 152 valence electrons. The molecule has 0 spiro atoms. The molecule has 0 saturated heterocycles. The number of nitrogens with two attached hydrogens (primary N) is 1. The molecule has 1 aromatic carbocycles. The Kier molecular flexibility index (Phi) is 6.35. The molecule has 0 aliphatic rings. The first-order chi connectivity index (χ1) is 13.9. The molecule has 10 heteroatoms. The number of benzene rings is 1. The Morgan fingerprint density at radius 2 is 1.93 bits per heavy atom. The first kappa shape index (κ1) is 20.6. The van der Waals surface area contributed by atoms with Gasteiger partial charge < -0.3 is 11.1 Å². The maximum atomic E-state index is 12.8. The predicted molar refractivity (Wildman–Crippen MR) is 107 cm³/mol. The van der Waals surface area contributed by atoms with Crippen LogP contribution in [0.15, 0.2) is 59.2 Å². The Morgan fingerprint density at radius 1 is 1.21 bits per heavy atom. The lowest BCUT2D eigenvalue weighted by molar-refractivity contribution is 0.0963. The molecular formula is C19H19F2N5O2S. The SMILES string of the molecule is CNC(=O)c1ccc(-c2ccc(Cn3cnn(CC(CN)=C(F)F)c3=O)s2)cc1. The summed E-state index contributed by atoms with van der Waals surface area (Å²) in [6.45, 7) is -0.397. The van der Waals surface area contributed by atoms with Crippen LogP contribution >= 0.6 is 11.3 Å². The van der Waals surface area contributed by atoms with Crippen LogP contribution in [0.25, 0.3) is 10.4 Å². The summed E-state index contributed by atoms with van der Waals surface area (Å²) in [6.07, 6.45) is -0.566. The van der Waals surface area contributed by atoms with Gasteiger partial charge in [-0.05, 0) is 29.8 Å². The fourth-order valence-electron chi connectivity index (χ4n) is 2.69. The largest absolute Gasteiger partial charge is 0.355 e. The van der Waals surface area contributed by atoms with E-state index in [4.69, 9.17) is 5.73 Å². The highest BCUT2D eigenvalue weighted by molar-refractivity contribution is 7.15. The van der Waals surface area contributed by atoms with Crippen molar-refractivity contribution in [2.24, 2.45) is 5.73 Å². The minimum absolute atomic E-state index is 0.153. The number of carbonyl (C=O) groups is 1. The first-order valence-electron chi connectivity index (χ1n) is 8.69. The standard InChI is InChI=1S/C19H19F2N5O2S/c1-23-18(27)13-4-2-12(3-5-13)16-7-6-15(29-16)10-25-11-24-26(19(25)28)9-14(8-22)17(20)21/h2-7,11H,8-10,22H2,1H3,(H,23,27). The molecule has 7 nitrogen and oxygen atoms in total. The summed E-state index contributed by atoms with van der Waals surface area (Å²) in [4.78, 5) is 25.9. The Bertz CT molecular complexity index is 1090. The highest BCUT2D eigenvalue weighted by atomic mass is 32.1. The summed E-state index contributed by atoms with van der Waals surface area (Å²) in [5.74, 6) is -0.153. The van der Waals surface area contributed by atoms with E-state index in [0.29, 0.717) is 5.56 Å². The lowest BCUT2D eigenvalue weighted by Gasteiger charge is -2.02. The Morgan fingerprint density at radius 3 is 2.55 bits per heavy atom. The molecule has 3 N–H and O–H groups in total. The molecule has 2 aromatic heterocycles. The summed E-state index contributed by atoms with van der Waals surface area (Å²) in [7, 11) is 1.58. The first-order valence-corrected chi connectivity index (χ1v) is 9.51. The Hall–Kier alpha value is -3.11. The van der Waals surface area contributed by atoms with Gasteiger partial charge in [-0.2, -0.15) is 13.9 Å². The molecule has 0 radical (unpaired) electrons. The lowest BCUT2D eigenvalue weighted by Crippen LogP contribution is -2.27. The third-order valence-electron chi connectivity index (χ3n) is 4.30. The van der Waals surface area contributed by atoms with Crippen molar-refractivity contribution in [3.63, 3.8) is 0 Å². The number of hydrogen-bond donors (Lipinski definition) is 2. The smallest absolute Gasteiger partial charge is 0.346 e. The van der Waals surface area contributed by atoms with Crippen molar-refractivity contribution < 1.29 is 13.6 Å². The van der Waals surface area contributed by atoms with Crippen molar-refractivity contribution >= 4 is 17.2 Å². The second kappa shape index (κ2) is 8.93. The quantitative estimate of drug-likeness (QED) is 0.614. The van der Waals surface area contributed by atoms with Gasteiger partial charge in [-0.25, -0.2) is 9.48 Å². The zero-order valence-electron chi connectivity index (χ0n) is 15.6. The molecule has 3 rings (SSSR count). The van der Waals surface area contributed by atoms with Gasteiger partial charge >= 0.3 is 5.69 Å². The van der Waals surface area contributed by atoms with Gasteiger partial charge in [0.25, 0.3) is 12.0 Å². The maximum Gasteiger partial charge on any atom is 0.346 e. The predicted octanol–water partition coefficient (Wildman–Crippen LogP) is 2.29. The van der Waals surface area contributed by atoms with Crippen molar-refractivity contribution in [2.75, 3.05) is 13.6 Å². The number of halogens is 2. The molecule has 0 fully saturated rings. The second-order valence-electron chi connectivity index (χ2n) is 6.19. The van der Waals surface area contributed by atoms with Crippen LogP contribution in [-0.4, -0.2) is 33.8 Å². The highest BCUT2D eigenvalue weighted by Gasteiger charge is 2.12. The molecule has 1 amide bonds. The van der Waals surface area contributed by atoms with Gasteiger partial charge in [0.15, 0.2) is 0 Å². The van der Waals surface area contributed by atoms with E-state index in [-0.39, 0.29) is 31.1 Å². The van der Waals surface area contributed by atoms with Crippen molar-refractivity contribution in [1.82, 2.24) is 19.7 Å². The average molecular weight is 419 g/mol. The monoisotopic (exact) mass is 419 g/mol. The summed E-state index contributed by atoms with van der Waals surface area (Å²) in [5.41, 5.74) is 6.00. The van der Waals surface area contributed by atoms with Crippen LogP contribution in [0.3, 0.4) is 0 Å². The van der Waals surface area contributed by atoms with Crippen LogP contribution < -0.4 is 16.7 Å². The number of hydrogen-bond acceptors (Lipinski definition) is 5. The van der Waals surface area contributed by atoms with Gasteiger partial charge in [0.2, 0.25) is 0 Å². The minimum Gasteiger partial charge on any atom is -0.355 e. The van der Waals surface area contributed by atoms with Crippen LogP contribution in [0.1, 0.15) is 15.2 Å².